The molecule has 31 heavy (non-hydrogen) atoms. The Balaban J connectivity index is 1.64. The van der Waals surface area contributed by atoms with E-state index < -0.39 is 5.82 Å². The van der Waals surface area contributed by atoms with Crippen LogP contribution in [0.2, 0.25) is 10.0 Å². The third-order valence-electron chi connectivity index (χ3n) is 4.68. The number of aryl methyl sites for hydroxylation is 2. The van der Waals surface area contributed by atoms with E-state index in [1.807, 2.05) is 25.1 Å². The number of nitrogens with zero attached hydrogens (tertiary/aromatic N) is 3. The van der Waals surface area contributed by atoms with E-state index >= 15 is 0 Å². The van der Waals surface area contributed by atoms with Gasteiger partial charge in [-0.1, -0.05) is 41.4 Å². The van der Waals surface area contributed by atoms with Crippen LogP contribution in [0.1, 0.15) is 22.4 Å². The summed E-state index contributed by atoms with van der Waals surface area (Å²) >= 11 is 12.2. The molecule has 9 heteroatoms. The van der Waals surface area contributed by atoms with Gasteiger partial charge in [0.05, 0.1) is 28.9 Å². The Bertz CT molecular complexity index is 1160. The number of aliphatic imine (C=N–C) groups is 1. The number of ether oxygens (including phenoxy) is 1. The summed E-state index contributed by atoms with van der Waals surface area (Å²) in [4.78, 5) is 10.3. The first-order valence-corrected chi connectivity index (χ1v) is 10.3. The summed E-state index contributed by atoms with van der Waals surface area (Å²) in [5.41, 5.74) is 6.01. The zero-order valence-corrected chi connectivity index (χ0v) is 18.3. The molecule has 6 nitrogen and oxygen atoms in total. The Hall–Kier alpha value is -2.74. The maximum absolute atomic E-state index is 14.3. The van der Waals surface area contributed by atoms with Gasteiger partial charge < -0.3 is 4.74 Å². The van der Waals surface area contributed by atoms with Crippen molar-refractivity contribution < 1.29 is 14.0 Å². The minimum Gasteiger partial charge on any atom is -0.434 e. The highest BCUT2D eigenvalue weighted by Gasteiger charge is 2.23. The lowest BCUT2D eigenvalue weighted by Crippen LogP contribution is -2.37. The molecule has 0 fully saturated rings. The van der Waals surface area contributed by atoms with Gasteiger partial charge in [-0.2, -0.15) is 5.10 Å². The molecular weight excluding hydrogens is 442 g/mol. The van der Waals surface area contributed by atoms with E-state index in [9.17, 15) is 4.39 Å². The molecule has 1 aliphatic rings. The van der Waals surface area contributed by atoms with Crippen LogP contribution < -0.4 is 10.2 Å². The second kappa shape index (κ2) is 9.18. The molecule has 2 heterocycles. The highest BCUT2D eigenvalue weighted by atomic mass is 35.5. The zero-order chi connectivity index (χ0) is 22.0. The standard InChI is InChI=1S/C22H19Cl2FN4O2/c1-12-6-7-14(18(24)8-12)10-15-11-30-29-21(26-15)16-9-13(2)27-28-22(16)31-19-5-3-4-17(23)20(19)25/h3-9,15H,10-11H2,1-2H3,(H,26,29)/t15-/m1/s1. The van der Waals surface area contributed by atoms with Gasteiger partial charge in [-0.25, -0.2) is 9.87 Å². The molecule has 0 radical (unpaired) electrons. The predicted molar refractivity (Wildman–Crippen MR) is 118 cm³/mol. The van der Waals surface area contributed by atoms with Crippen LogP contribution in [0.25, 0.3) is 0 Å². The number of benzene rings is 2. The lowest BCUT2D eigenvalue weighted by atomic mass is 10.0. The third-order valence-corrected chi connectivity index (χ3v) is 5.32. The van der Waals surface area contributed by atoms with Gasteiger partial charge in [-0.05, 0) is 55.7 Å². The van der Waals surface area contributed by atoms with E-state index in [1.54, 1.807) is 19.1 Å². The summed E-state index contributed by atoms with van der Waals surface area (Å²) in [7, 11) is 0. The van der Waals surface area contributed by atoms with E-state index in [2.05, 4.69) is 15.7 Å². The van der Waals surface area contributed by atoms with Gasteiger partial charge >= 0.3 is 0 Å². The summed E-state index contributed by atoms with van der Waals surface area (Å²) in [5.74, 6) is -0.253. The fraction of sp³-hybridized carbons (Fsp3) is 0.227. The second-order valence-corrected chi connectivity index (χ2v) is 8.02. The summed E-state index contributed by atoms with van der Waals surface area (Å²) in [6.45, 7) is 4.14. The minimum absolute atomic E-state index is 0.0503. The maximum atomic E-state index is 14.3. The number of rotatable bonds is 5. The van der Waals surface area contributed by atoms with Gasteiger partial charge in [-0.3, -0.25) is 9.83 Å². The molecule has 1 N–H and O–H groups in total. The van der Waals surface area contributed by atoms with Gasteiger partial charge in [0.25, 0.3) is 0 Å². The number of aromatic nitrogens is 2. The van der Waals surface area contributed by atoms with Crippen molar-refractivity contribution in [1.82, 2.24) is 15.7 Å². The number of amidine groups is 1. The summed E-state index contributed by atoms with van der Waals surface area (Å²) in [5, 5.41) is 8.73. The van der Waals surface area contributed by atoms with Crippen LogP contribution >= 0.6 is 23.2 Å². The average Bonchev–Trinajstić information content (AvgIpc) is 2.75. The van der Waals surface area contributed by atoms with Crippen molar-refractivity contribution in [2.75, 3.05) is 6.61 Å². The molecule has 0 saturated heterocycles. The Morgan fingerprint density at radius 3 is 2.77 bits per heavy atom. The molecular formula is C22H19Cl2FN4O2. The first-order chi connectivity index (χ1) is 14.9. The van der Waals surface area contributed by atoms with Crippen molar-refractivity contribution in [3.63, 3.8) is 0 Å². The number of hydrogen-bond donors (Lipinski definition) is 1. The van der Waals surface area contributed by atoms with Crippen molar-refractivity contribution in [1.29, 1.82) is 0 Å². The molecule has 160 valence electrons. The lowest BCUT2D eigenvalue weighted by molar-refractivity contribution is 0.0623. The van der Waals surface area contributed by atoms with Gasteiger partial charge in [-0.15, -0.1) is 5.10 Å². The second-order valence-electron chi connectivity index (χ2n) is 7.20. The van der Waals surface area contributed by atoms with Crippen molar-refractivity contribution in [2.24, 2.45) is 4.99 Å². The third kappa shape index (κ3) is 4.95. The van der Waals surface area contributed by atoms with Crippen molar-refractivity contribution in [3.05, 3.63) is 80.7 Å². The smallest absolute Gasteiger partial charge is 0.250 e. The van der Waals surface area contributed by atoms with Gasteiger partial charge in [0.15, 0.2) is 17.4 Å². The van der Waals surface area contributed by atoms with Gasteiger partial charge in [0.2, 0.25) is 5.88 Å². The van der Waals surface area contributed by atoms with E-state index in [1.165, 1.54) is 12.1 Å². The van der Waals surface area contributed by atoms with Crippen LogP contribution in [0.15, 0.2) is 47.5 Å². The number of hydroxylamine groups is 1. The minimum atomic E-state index is -0.681. The molecule has 0 amide bonds. The summed E-state index contributed by atoms with van der Waals surface area (Å²) in [6, 6.07) is 12.0. The topological polar surface area (TPSA) is 68.6 Å². The molecule has 3 aromatic rings. The fourth-order valence-electron chi connectivity index (χ4n) is 3.14. The summed E-state index contributed by atoms with van der Waals surface area (Å²) in [6.07, 6.45) is 0.598. The quantitative estimate of drug-likeness (QED) is 0.564. The molecule has 1 aromatic heterocycles. The SMILES string of the molecule is Cc1ccc(C[C@@H]2CONC(c3cc(C)nnc3Oc3cccc(Cl)c3F)=N2)c(Cl)c1. The number of halogens is 3. The fourth-order valence-corrected chi connectivity index (χ4v) is 3.62. The highest BCUT2D eigenvalue weighted by Crippen LogP contribution is 2.30. The molecule has 0 unspecified atom stereocenters. The highest BCUT2D eigenvalue weighted by molar-refractivity contribution is 6.31. The predicted octanol–water partition coefficient (Wildman–Crippen LogP) is 5.22. The van der Waals surface area contributed by atoms with Crippen molar-refractivity contribution in [2.45, 2.75) is 26.3 Å². The van der Waals surface area contributed by atoms with Crippen LogP contribution in [-0.4, -0.2) is 28.7 Å². The monoisotopic (exact) mass is 460 g/mol. The molecule has 1 aliphatic heterocycles. The molecule has 2 aromatic carbocycles. The largest absolute Gasteiger partial charge is 0.434 e. The number of nitrogens with one attached hydrogen (secondary N) is 1. The van der Waals surface area contributed by atoms with E-state index in [4.69, 9.17) is 37.8 Å². The zero-order valence-electron chi connectivity index (χ0n) is 16.8. The Labute approximate surface area is 189 Å². The first kappa shape index (κ1) is 21.5. The van der Waals surface area contributed by atoms with Crippen LogP contribution in [0, 0.1) is 19.7 Å². The normalized spacial score (nSPS) is 15.9. The Morgan fingerprint density at radius 1 is 1.13 bits per heavy atom. The molecule has 1 atom stereocenters. The van der Waals surface area contributed by atoms with Crippen molar-refractivity contribution in [3.8, 4) is 11.6 Å². The summed E-state index contributed by atoms with van der Waals surface area (Å²) < 4.78 is 20.0. The maximum Gasteiger partial charge on any atom is 0.250 e. The van der Waals surface area contributed by atoms with Crippen molar-refractivity contribution >= 4 is 29.0 Å². The van der Waals surface area contributed by atoms with Crippen LogP contribution in [-0.2, 0) is 11.3 Å². The molecule has 0 spiro atoms. The van der Waals surface area contributed by atoms with Gasteiger partial charge in [0, 0.05) is 5.02 Å². The van der Waals surface area contributed by atoms with Gasteiger partial charge in [0.1, 0.15) is 0 Å². The van der Waals surface area contributed by atoms with E-state index in [-0.39, 0.29) is 22.7 Å². The van der Waals surface area contributed by atoms with E-state index in [0.29, 0.717) is 35.1 Å². The number of hydrogen-bond acceptors (Lipinski definition) is 6. The molecule has 4 rings (SSSR count). The Kier molecular flexibility index (Phi) is 6.36. The van der Waals surface area contributed by atoms with Crippen LogP contribution in [0.4, 0.5) is 4.39 Å². The lowest BCUT2D eigenvalue weighted by Gasteiger charge is -2.23. The molecule has 0 aliphatic carbocycles. The molecule has 0 saturated carbocycles. The van der Waals surface area contributed by atoms with Crippen LogP contribution in [0.5, 0.6) is 11.6 Å². The Morgan fingerprint density at radius 2 is 1.97 bits per heavy atom. The average molecular weight is 461 g/mol. The molecule has 0 bridgehead atoms. The van der Waals surface area contributed by atoms with Crippen LogP contribution in [0.3, 0.4) is 0 Å². The first-order valence-electron chi connectivity index (χ1n) is 9.58. The van der Waals surface area contributed by atoms with E-state index in [0.717, 1.165) is 11.1 Å².